The zero-order valence-electron chi connectivity index (χ0n) is 31.2. The third-order valence-electron chi connectivity index (χ3n) is 11.5. The number of furan rings is 2. The molecule has 4 heteroatoms. The van der Waals surface area contributed by atoms with E-state index in [1.54, 1.807) is 0 Å². The Kier molecular flexibility index (Phi) is 7.40. The summed E-state index contributed by atoms with van der Waals surface area (Å²) in [6.45, 7) is 0. The summed E-state index contributed by atoms with van der Waals surface area (Å²) in [6.07, 6.45) is 0. The van der Waals surface area contributed by atoms with E-state index >= 15 is 0 Å². The van der Waals surface area contributed by atoms with E-state index in [2.05, 4.69) is 181 Å². The molecule has 12 aromatic rings. The molecule has 272 valence electrons. The van der Waals surface area contributed by atoms with Crippen molar-refractivity contribution in [2.75, 3.05) is 4.90 Å². The lowest BCUT2D eigenvalue weighted by Gasteiger charge is -2.26. The van der Waals surface area contributed by atoms with Gasteiger partial charge in [0, 0.05) is 59.5 Å². The van der Waals surface area contributed by atoms with Crippen molar-refractivity contribution in [3.05, 3.63) is 200 Å². The van der Waals surface area contributed by atoms with Crippen LogP contribution in [0.5, 0.6) is 0 Å². The average molecular weight is 760 g/mol. The van der Waals surface area contributed by atoms with Gasteiger partial charge in [-0.05, 0) is 70.8 Å². The summed E-state index contributed by atoms with van der Waals surface area (Å²) in [5, 5.41) is 7.11. The third kappa shape index (κ3) is 5.19. The predicted molar refractivity (Wildman–Crippen MR) is 245 cm³/mol. The summed E-state index contributed by atoms with van der Waals surface area (Å²) in [6, 6.07) is 71.4. The first-order valence-corrected chi connectivity index (χ1v) is 20.4. The van der Waals surface area contributed by atoms with Gasteiger partial charge in [0.05, 0.1) is 10.4 Å². The van der Waals surface area contributed by atoms with Crippen LogP contribution in [0.1, 0.15) is 0 Å². The van der Waals surface area contributed by atoms with E-state index in [9.17, 15) is 0 Å². The second-order valence-corrected chi connectivity index (χ2v) is 15.9. The molecule has 0 aliphatic heterocycles. The predicted octanol–water partition coefficient (Wildman–Crippen LogP) is 16.3. The van der Waals surface area contributed by atoms with Gasteiger partial charge < -0.3 is 13.7 Å². The SMILES string of the molecule is c1ccc2c(c1)oc1c(-c3ccc(-c4ccc(N(c5ccc(-c6cccc7c6oc6ccccc67)cc5)c5cccc6c5sc5ccccc56)cc4)cc3)cccc12. The number of para-hydroxylation sites is 4. The summed E-state index contributed by atoms with van der Waals surface area (Å²) in [4.78, 5) is 2.39. The van der Waals surface area contributed by atoms with Crippen molar-refractivity contribution < 1.29 is 8.83 Å². The van der Waals surface area contributed by atoms with Crippen molar-refractivity contribution in [3.63, 3.8) is 0 Å². The molecule has 0 radical (unpaired) electrons. The van der Waals surface area contributed by atoms with Crippen molar-refractivity contribution in [3.8, 4) is 33.4 Å². The molecular formula is C54H33NO2S. The lowest BCUT2D eigenvalue weighted by Crippen LogP contribution is -2.10. The third-order valence-corrected chi connectivity index (χ3v) is 12.7. The molecule has 0 saturated heterocycles. The van der Waals surface area contributed by atoms with Crippen LogP contribution in [0.3, 0.4) is 0 Å². The lowest BCUT2D eigenvalue weighted by molar-refractivity contribution is 0.669. The van der Waals surface area contributed by atoms with Crippen molar-refractivity contribution in [2.24, 2.45) is 0 Å². The molecule has 58 heavy (non-hydrogen) atoms. The molecule has 0 spiro atoms. The molecule has 0 saturated carbocycles. The molecule has 3 aromatic heterocycles. The first-order chi connectivity index (χ1) is 28.7. The molecule has 0 atom stereocenters. The summed E-state index contributed by atoms with van der Waals surface area (Å²) in [5.41, 5.74) is 13.7. The maximum Gasteiger partial charge on any atom is 0.143 e. The second-order valence-electron chi connectivity index (χ2n) is 14.8. The lowest BCUT2D eigenvalue weighted by atomic mass is 9.98. The summed E-state index contributed by atoms with van der Waals surface area (Å²) < 4.78 is 15.3. The Labute approximate surface area is 338 Å². The number of anilines is 3. The molecule has 0 amide bonds. The molecule has 3 heterocycles. The largest absolute Gasteiger partial charge is 0.455 e. The Balaban J connectivity index is 0.932. The van der Waals surface area contributed by atoms with Crippen LogP contribution < -0.4 is 4.90 Å². The topological polar surface area (TPSA) is 29.5 Å². The van der Waals surface area contributed by atoms with Crippen LogP contribution in [0, 0.1) is 0 Å². The van der Waals surface area contributed by atoms with E-state index in [4.69, 9.17) is 8.83 Å². The van der Waals surface area contributed by atoms with Crippen molar-refractivity contribution in [1.29, 1.82) is 0 Å². The fourth-order valence-corrected chi connectivity index (χ4v) is 9.93. The Bertz CT molecular complexity index is 3500. The number of hydrogen-bond donors (Lipinski definition) is 0. The Morgan fingerprint density at radius 2 is 0.759 bits per heavy atom. The van der Waals surface area contributed by atoms with E-state index in [0.717, 1.165) is 94.3 Å². The molecule has 0 aliphatic rings. The molecule has 9 aromatic carbocycles. The fourth-order valence-electron chi connectivity index (χ4n) is 8.72. The van der Waals surface area contributed by atoms with Gasteiger partial charge >= 0.3 is 0 Å². The minimum Gasteiger partial charge on any atom is -0.455 e. The standard InChI is InChI=1S/C54H33NO2S/c1-4-19-49-42(10-1)45-15-7-13-40(52(45)56-49)36-24-22-34(23-25-36)35-26-30-38(31-27-35)55(48-18-9-17-47-44-12-3-6-21-51(44)58-54(47)48)39-32-28-37(29-33-39)41-14-8-16-46-43-11-2-5-20-50(43)57-53(41)46/h1-33H. The van der Waals surface area contributed by atoms with Crippen molar-refractivity contribution in [2.45, 2.75) is 0 Å². The van der Waals surface area contributed by atoms with Crippen LogP contribution in [0.25, 0.3) is 97.4 Å². The van der Waals surface area contributed by atoms with E-state index in [-0.39, 0.29) is 0 Å². The molecule has 0 fully saturated rings. The van der Waals surface area contributed by atoms with Gasteiger partial charge in [-0.25, -0.2) is 0 Å². The van der Waals surface area contributed by atoms with E-state index < -0.39 is 0 Å². The molecule has 0 aliphatic carbocycles. The smallest absolute Gasteiger partial charge is 0.143 e. The van der Waals surface area contributed by atoms with Gasteiger partial charge in [-0.2, -0.15) is 0 Å². The minimum absolute atomic E-state index is 0.906. The molecule has 3 nitrogen and oxygen atoms in total. The Hall–Kier alpha value is -7.40. The monoisotopic (exact) mass is 759 g/mol. The van der Waals surface area contributed by atoms with E-state index in [1.165, 1.54) is 20.2 Å². The van der Waals surface area contributed by atoms with Crippen molar-refractivity contribution in [1.82, 2.24) is 0 Å². The molecule has 0 N–H and O–H groups in total. The summed E-state index contributed by atoms with van der Waals surface area (Å²) in [7, 11) is 0. The number of rotatable bonds is 6. The highest BCUT2D eigenvalue weighted by atomic mass is 32.1. The number of fused-ring (bicyclic) bond motifs is 9. The summed E-state index contributed by atoms with van der Waals surface area (Å²) >= 11 is 1.85. The zero-order chi connectivity index (χ0) is 38.2. The first kappa shape index (κ1) is 32.8. The second kappa shape index (κ2) is 13.1. The van der Waals surface area contributed by atoms with Gasteiger partial charge in [0.15, 0.2) is 0 Å². The molecule has 12 rings (SSSR count). The quantitative estimate of drug-likeness (QED) is 0.169. The van der Waals surface area contributed by atoms with Gasteiger partial charge in [0.1, 0.15) is 22.3 Å². The Morgan fingerprint density at radius 3 is 1.34 bits per heavy atom. The highest BCUT2D eigenvalue weighted by molar-refractivity contribution is 7.26. The number of thiophene rings is 1. The van der Waals surface area contributed by atoms with Gasteiger partial charge in [0.25, 0.3) is 0 Å². The van der Waals surface area contributed by atoms with E-state index in [0.29, 0.717) is 0 Å². The average Bonchev–Trinajstić information content (AvgIpc) is 3.99. The molecular weight excluding hydrogens is 727 g/mol. The molecule has 0 bridgehead atoms. The fraction of sp³-hybridized carbons (Fsp3) is 0. The van der Waals surface area contributed by atoms with E-state index in [1.807, 2.05) is 35.6 Å². The minimum atomic E-state index is 0.906. The van der Waals surface area contributed by atoms with Gasteiger partial charge in [-0.3, -0.25) is 0 Å². The Morgan fingerprint density at radius 1 is 0.328 bits per heavy atom. The van der Waals surface area contributed by atoms with Gasteiger partial charge in [-0.1, -0.05) is 152 Å². The maximum absolute atomic E-state index is 6.42. The van der Waals surface area contributed by atoms with Crippen LogP contribution in [-0.4, -0.2) is 0 Å². The highest BCUT2D eigenvalue weighted by Gasteiger charge is 2.20. The van der Waals surface area contributed by atoms with Crippen LogP contribution in [0.4, 0.5) is 17.1 Å². The van der Waals surface area contributed by atoms with Gasteiger partial charge in [0.2, 0.25) is 0 Å². The number of hydrogen-bond acceptors (Lipinski definition) is 4. The highest BCUT2D eigenvalue weighted by Crippen LogP contribution is 2.46. The number of nitrogens with zero attached hydrogens (tertiary/aromatic N) is 1. The van der Waals surface area contributed by atoms with Crippen LogP contribution in [0.15, 0.2) is 209 Å². The first-order valence-electron chi connectivity index (χ1n) is 19.6. The summed E-state index contributed by atoms with van der Waals surface area (Å²) in [5.74, 6) is 0. The normalized spacial score (nSPS) is 11.8. The maximum atomic E-state index is 6.42. The number of benzene rings is 9. The van der Waals surface area contributed by atoms with Gasteiger partial charge in [-0.15, -0.1) is 11.3 Å². The zero-order valence-corrected chi connectivity index (χ0v) is 32.0. The van der Waals surface area contributed by atoms with Crippen molar-refractivity contribution >= 4 is 92.4 Å². The molecule has 0 unspecified atom stereocenters. The van der Waals surface area contributed by atoms with Crippen LogP contribution in [-0.2, 0) is 0 Å². The van der Waals surface area contributed by atoms with Crippen LogP contribution >= 0.6 is 11.3 Å². The van der Waals surface area contributed by atoms with Crippen LogP contribution in [0.2, 0.25) is 0 Å².